The standard InChI is InChI=1S/C22H17F3O6/c1-3-10-29-18(26)12-30-15-8-9-16-17(11-15)31-21(22(23,24)25)19(20(16)27)13-4-6-14(28-2)7-5-13/h3-9,11H,1,10,12H2,2H3. The lowest BCUT2D eigenvalue weighted by molar-refractivity contribution is -0.152. The Morgan fingerprint density at radius 2 is 1.81 bits per heavy atom. The van der Waals surface area contributed by atoms with E-state index in [2.05, 4.69) is 6.58 Å². The van der Waals surface area contributed by atoms with Gasteiger partial charge >= 0.3 is 12.1 Å². The van der Waals surface area contributed by atoms with Crippen molar-refractivity contribution in [3.63, 3.8) is 0 Å². The summed E-state index contributed by atoms with van der Waals surface area (Å²) < 4.78 is 61.2. The summed E-state index contributed by atoms with van der Waals surface area (Å²) in [7, 11) is 1.42. The Morgan fingerprint density at radius 1 is 1.13 bits per heavy atom. The molecule has 0 amide bonds. The number of ether oxygens (including phenoxy) is 3. The van der Waals surface area contributed by atoms with E-state index < -0.39 is 35.5 Å². The van der Waals surface area contributed by atoms with Gasteiger partial charge in [0.05, 0.1) is 18.1 Å². The third-order valence-electron chi connectivity index (χ3n) is 4.22. The van der Waals surface area contributed by atoms with Crippen LogP contribution in [0.5, 0.6) is 11.5 Å². The van der Waals surface area contributed by atoms with Gasteiger partial charge in [0.15, 0.2) is 6.61 Å². The number of esters is 1. The summed E-state index contributed by atoms with van der Waals surface area (Å²) in [6.45, 7) is 2.93. The number of hydrogen-bond acceptors (Lipinski definition) is 6. The third-order valence-corrected chi connectivity index (χ3v) is 4.22. The fraction of sp³-hybridized carbons (Fsp3) is 0.182. The second-order valence-electron chi connectivity index (χ2n) is 6.28. The lowest BCUT2D eigenvalue weighted by atomic mass is 10.0. The maximum Gasteiger partial charge on any atom is 0.450 e. The van der Waals surface area contributed by atoms with E-state index in [1.54, 1.807) is 0 Å². The summed E-state index contributed by atoms with van der Waals surface area (Å²) in [5.74, 6) is -1.66. The number of halogens is 3. The molecule has 1 aromatic heterocycles. The molecule has 2 aromatic carbocycles. The Hall–Kier alpha value is -3.75. The number of benzene rings is 2. The molecule has 162 valence electrons. The van der Waals surface area contributed by atoms with Gasteiger partial charge in [-0.15, -0.1) is 0 Å². The van der Waals surface area contributed by atoms with E-state index in [9.17, 15) is 22.8 Å². The van der Waals surface area contributed by atoms with Crippen LogP contribution in [0.4, 0.5) is 13.2 Å². The van der Waals surface area contributed by atoms with Crippen LogP contribution in [0, 0.1) is 0 Å². The number of carbonyl (C=O) groups excluding carboxylic acids is 1. The molecular formula is C22H17F3O6. The van der Waals surface area contributed by atoms with Crippen molar-refractivity contribution in [2.24, 2.45) is 0 Å². The molecule has 0 N–H and O–H groups in total. The van der Waals surface area contributed by atoms with E-state index in [0.29, 0.717) is 5.75 Å². The lowest BCUT2D eigenvalue weighted by Crippen LogP contribution is -2.16. The maximum absolute atomic E-state index is 13.7. The van der Waals surface area contributed by atoms with Gasteiger partial charge in [-0.05, 0) is 29.8 Å². The molecule has 3 aromatic rings. The highest BCUT2D eigenvalue weighted by molar-refractivity contribution is 5.84. The van der Waals surface area contributed by atoms with Crippen molar-refractivity contribution in [3.8, 4) is 22.6 Å². The van der Waals surface area contributed by atoms with Gasteiger partial charge in [0.2, 0.25) is 11.2 Å². The molecule has 9 heteroatoms. The molecule has 0 spiro atoms. The molecule has 0 atom stereocenters. The molecular weight excluding hydrogens is 417 g/mol. The number of rotatable bonds is 7. The molecule has 0 saturated carbocycles. The van der Waals surface area contributed by atoms with Crippen LogP contribution in [0.3, 0.4) is 0 Å². The topological polar surface area (TPSA) is 75.0 Å². The minimum atomic E-state index is -4.92. The zero-order valence-electron chi connectivity index (χ0n) is 16.3. The van der Waals surface area contributed by atoms with E-state index in [1.807, 2.05) is 0 Å². The van der Waals surface area contributed by atoms with E-state index in [-0.39, 0.29) is 28.9 Å². The van der Waals surface area contributed by atoms with E-state index >= 15 is 0 Å². The molecule has 0 unspecified atom stereocenters. The Kier molecular flexibility index (Phi) is 6.33. The van der Waals surface area contributed by atoms with Crippen LogP contribution in [0.1, 0.15) is 5.76 Å². The van der Waals surface area contributed by atoms with E-state index in [1.165, 1.54) is 49.6 Å². The molecule has 0 saturated heterocycles. The first-order chi connectivity index (χ1) is 14.7. The molecule has 3 rings (SSSR count). The molecule has 0 aliphatic carbocycles. The summed E-state index contributed by atoms with van der Waals surface area (Å²) in [5.41, 5.74) is -1.75. The van der Waals surface area contributed by atoms with Crippen molar-refractivity contribution >= 4 is 16.9 Å². The third kappa shape index (κ3) is 4.88. The van der Waals surface area contributed by atoms with Crippen LogP contribution in [-0.2, 0) is 15.7 Å². The van der Waals surface area contributed by atoms with Crippen molar-refractivity contribution in [3.05, 3.63) is 71.1 Å². The van der Waals surface area contributed by atoms with Gasteiger partial charge in [0, 0.05) is 6.07 Å². The van der Waals surface area contributed by atoms with Crippen LogP contribution < -0.4 is 14.9 Å². The molecule has 6 nitrogen and oxygen atoms in total. The first-order valence-corrected chi connectivity index (χ1v) is 8.96. The highest BCUT2D eigenvalue weighted by Gasteiger charge is 2.39. The number of methoxy groups -OCH3 is 1. The Labute approximate surface area is 174 Å². The van der Waals surface area contributed by atoms with Gasteiger partial charge in [0.25, 0.3) is 0 Å². The SMILES string of the molecule is C=CCOC(=O)COc1ccc2c(=O)c(-c3ccc(OC)cc3)c(C(F)(F)F)oc2c1. The van der Waals surface area contributed by atoms with Crippen molar-refractivity contribution < 1.29 is 36.6 Å². The van der Waals surface area contributed by atoms with Crippen LogP contribution in [0.2, 0.25) is 0 Å². The molecule has 1 heterocycles. The first kappa shape index (κ1) is 21.9. The van der Waals surface area contributed by atoms with Gasteiger partial charge in [0.1, 0.15) is 23.7 Å². The second kappa shape index (κ2) is 8.95. The quantitative estimate of drug-likeness (QED) is 0.400. The largest absolute Gasteiger partial charge is 0.497 e. The molecule has 0 fully saturated rings. The predicted octanol–water partition coefficient (Wildman–Crippen LogP) is 4.60. The predicted molar refractivity (Wildman–Crippen MR) is 106 cm³/mol. The minimum Gasteiger partial charge on any atom is -0.497 e. The molecule has 0 aliphatic heterocycles. The van der Waals surface area contributed by atoms with Crippen LogP contribution in [-0.4, -0.2) is 26.3 Å². The van der Waals surface area contributed by atoms with Gasteiger partial charge in [-0.25, -0.2) is 4.79 Å². The van der Waals surface area contributed by atoms with Crippen molar-refractivity contribution in [1.29, 1.82) is 0 Å². The number of alkyl halides is 3. The Morgan fingerprint density at radius 3 is 2.42 bits per heavy atom. The summed E-state index contributed by atoms with van der Waals surface area (Å²) >= 11 is 0. The van der Waals surface area contributed by atoms with Crippen LogP contribution >= 0.6 is 0 Å². The molecule has 0 aliphatic rings. The summed E-state index contributed by atoms with van der Waals surface area (Å²) in [6.07, 6.45) is -3.55. The van der Waals surface area contributed by atoms with Crippen molar-refractivity contribution in [2.75, 3.05) is 20.3 Å². The van der Waals surface area contributed by atoms with Gasteiger partial charge in [-0.1, -0.05) is 24.8 Å². The highest BCUT2D eigenvalue weighted by atomic mass is 19.4. The minimum absolute atomic E-state index is 0.00211. The average molecular weight is 434 g/mol. The fourth-order valence-corrected chi connectivity index (χ4v) is 2.82. The van der Waals surface area contributed by atoms with Crippen LogP contribution in [0.15, 0.2) is 64.3 Å². The van der Waals surface area contributed by atoms with Crippen LogP contribution in [0.25, 0.3) is 22.1 Å². The normalized spacial score (nSPS) is 11.2. The fourth-order valence-electron chi connectivity index (χ4n) is 2.82. The summed E-state index contributed by atoms with van der Waals surface area (Å²) in [5, 5.41) is -0.0691. The number of carbonyl (C=O) groups is 1. The Balaban J connectivity index is 2.05. The van der Waals surface area contributed by atoms with Crippen molar-refractivity contribution in [1.82, 2.24) is 0 Å². The number of hydrogen-bond donors (Lipinski definition) is 0. The van der Waals surface area contributed by atoms with E-state index in [0.717, 1.165) is 6.07 Å². The zero-order valence-corrected chi connectivity index (χ0v) is 16.3. The van der Waals surface area contributed by atoms with Gasteiger partial charge in [-0.3, -0.25) is 4.79 Å². The molecule has 31 heavy (non-hydrogen) atoms. The summed E-state index contributed by atoms with van der Waals surface area (Å²) in [6, 6.07) is 9.33. The monoisotopic (exact) mass is 434 g/mol. The molecule has 0 radical (unpaired) electrons. The van der Waals surface area contributed by atoms with Gasteiger partial charge in [-0.2, -0.15) is 13.2 Å². The molecule has 0 bridgehead atoms. The first-order valence-electron chi connectivity index (χ1n) is 8.96. The Bertz CT molecular complexity index is 1160. The zero-order chi connectivity index (χ0) is 22.6. The number of fused-ring (bicyclic) bond motifs is 1. The van der Waals surface area contributed by atoms with Gasteiger partial charge < -0.3 is 18.6 Å². The average Bonchev–Trinajstić information content (AvgIpc) is 2.75. The highest BCUT2D eigenvalue weighted by Crippen LogP contribution is 2.38. The summed E-state index contributed by atoms with van der Waals surface area (Å²) in [4.78, 5) is 24.4. The second-order valence-corrected chi connectivity index (χ2v) is 6.28. The lowest BCUT2D eigenvalue weighted by Gasteiger charge is -2.13. The van der Waals surface area contributed by atoms with Crippen molar-refractivity contribution in [2.45, 2.75) is 6.18 Å². The maximum atomic E-state index is 13.7. The smallest absolute Gasteiger partial charge is 0.450 e. The van der Waals surface area contributed by atoms with E-state index in [4.69, 9.17) is 18.6 Å².